The normalized spacial score (nSPS) is 12.6. The van der Waals surface area contributed by atoms with Gasteiger partial charge in [-0.05, 0) is 39.2 Å². The molecule has 1 atom stereocenters. The largest absolute Gasteiger partial charge is 0.383 e. The zero-order chi connectivity index (χ0) is 15.2. The minimum absolute atomic E-state index is 0.273. The van der Waals surface area contributed by atoms with Crippen LogP contribution in [0.3, 0.4) is 0 Å². The Balaban J connectivity index is 1.86. The van der Waals surface area contributed by atoms with Gasteiger partial charge < -0.3 is 14.6 Å². The molecule has 1 unspecified atom stereocenters. The lowest BCUT2D eigenvalue weighted by molar-refractivity contribution is 0.163. The van der Waals surface area contributed by atoms with Crippen molar-refractivity contribution in [1.29, 1.82) is 0 Å². The Bertz CT molecular complexity index is 560. The van der Waals surface area contributed by atoms with Crippen LogP contribution in [0.1, 0.15) is 36.3 Å². The Morgan fingerprint density at radius 2 is 2.24 bits per heavy atom. The third-order valence-corrected chi connectivity index (χ3v) is 3.58. The maximum Gasteiger partial charge on any atom is 0.203 e. The Morgan fingerprint density at radius 3 is 2.90 bits per heavy atom. The van der Waals surface area contributed by atoms with Gasteiger partial charge in [-0.2, -0.15) is 5.10 Å². The van der Waals surface area contributed by atoms with Crippen LogP contribution < -0.4 is 5.32 Å². The van der Waals surface area contributed by atoms with Crippen LogP contribution >= 0.6 is 0 Å². The van der Waals surface area contributed by atoms with Gasteiger partial charge in [0.05, 0.1) is 24.5 Å². The van der Waals surface area contributed by atoms with Gasteiger partial charge in [-0.15, -0.1) is 0 Å². The molecule has 0 saturated heterocycles. The first kappa shape index (κ1) is 15.6. The van der Waals surface area contributed by atoms with E-state index in [9.17, 15) is 0 Å². The van der Waals surface area contributed by atoms with Crippen LogP contribution in [0, 0.1) is 13.8 Å². The molecule has 2 aromatic rings. The number of hydrogen-bond acceptors (Lipinski definition) is 4. The Morgan fingerprint density at radius 1 is 1.43 bits per heavy atom. The van der Waals surface area contributed by atoms with Crippen LogP contribution in [0.25, 0.3) is 0 Å². The molecule has 0 fully saturated rings. The number of H-pyrrole nitrogens is 1. The van der Waals surface area contributed by atoms with Crippen molar-refractivity contribution >= 4 is 5.95 Å². The zero-order valence-electron chi connectivity index (χ0n) is 13.3. The summed E-state index contributed by atoms with van der Waals surface area (Å²) in [6.45, 7) is 7.76. The summed E-state index contributed by atoms with van der Waals surface area (Å²) in [6, 6.07) is 0.273. The molecule has 2 rings (SSSR count). The van der Waals surface area contributed by atoms with Crippen LogP contribution in [0.4, 0.5) is 5.95 Å². The van der Waals surface area contributed by atoms with Gasteiger partial charge in [0.15, 0.2) is 0 Å². The summed E-state index contributed by atoms with van der Waals surface area (Å²) in [4.78, 5) is 4.54. The minimum Gasteiger partial charge on any atom is -0.383 e. The lowest BCUT2D eigenvalue weighted by atomic mass is 10.1. The van der Waals surface area contributed by atoms with Gasteiger partial charge in [0.1, 0.15) is 0 Å². The first-order valence-corrected chi connectivity index (χ1v) is 7.39. The summed E-state index contributed by atoms with van der Waals surface area (Å²) in [5.41, 5.74) is 3.45. The average molecular weight is 291 g/mol. The molecular weight excluding hydrogens is 266 g/mol. The molecule has 6 nitrogen and oxygen atoms in total. The molecule has 2 N–H and O–H groups in total. The zero-order valence-corrected chi connectivity index (χ0v) is 13.3. The van der Waals surface area contributed by atoms with E-state index in [0.29, 0.717) is 6.61 Å². The first-order valence-electron chi connectivity index (χ1n) is 7.39. The third-order valence-electron chi connectivity index (χ3n) is 3.58. The number of rotatable bonds is 8. The van der Waals surface area contributed by atoms with Crippen molar-refractivity contribution in [3.05, 3.63) is 29.3 Å². The van der Waals surface area contributed by atoms with Crippen LogP contribution in [0.15, 0.2) is 12.4 Å². The average Bonchev–Trinajstić information content (AvgIpc) is 3.01. The highest BCUT2D eigenvalue weighted by Crippen LogP contribution is 2.16. The highest BCUT2D eigenvalue weighted by molar-refractivity contribution is 5.29. The summed E-state index contributed by atoms with van der Waals surface area (Å²) < 4.78 is 7.36. The number of imidazole rings is 1. The van der Waals surface area contributed by atoms with Crippen LogP contribution in [-0.4, -0.2) is 40.0 Å². The van der Waals surface area contributed by atoms with Crippen molar-refractivity contribution in [1.82, 2.24) is 19.7 Å². The molecule has 21 heavy (non-hydrogen) atoms. The molecule has 116 valence electrons. The smallest absolute Gasteiger partial charge is 0.203 e. The number of aromatic nitrogens is 4. The van der Waals surface area contributed by atoms with Gasteiger partial charge in [0.2, 0.25) is 5.95 Å². The van der Waals surface area contributed by atoms with E-state index in [2.05, 4.69) is 45.1 Å². The number of nitrogens with zero attached hydrogens (tertiary/aromatic N) is 3. The Kier molecular flexibility index (Phi) is 5.38. The number of nitrogens with one attached hydrogen (secondary N) is 2. The number of ether oxygens (including phenoxy) is 1. The molecule has 0 aliphatic rings. The van der Waals surface area contributed by atoms with Gasteiger partial charge in [0, 0.05) is 25.5 Å². The molecular formula is C15H25N5O. The fourth-order valence-electron chi connectivity index (χ4n) is 2.41. The van der Waals surface area contributed by atoms with Gasteiger partial charge in [-0.1, -0.05) is 0 Å². The number of hydrogen-bond donors (Lipinski definition) is 2. The molecule has 0 saturated carbocycles. The van der Waals surface area contributed by atoms with Crippen molar-refractivity contribution in [3.8, 4) is 0 Å². The minimum atomic E-state index is 0.273. The molecule has 6 heteroatoms. The molecule has 2 heterocycles. The van der Waals surface area contributed by atoms with E-state index >= 15 is 0 Å². The fourth-order valence-corrected chi connectivity index (χ4v) is 2.41. The third kappa shape index (κ3) is 4.07. The molecule has 0 spiro atoms. The molecule has 0 aliphatic heterocycles. The molecule has 0 radical (unpaired) electrons. The predicted molar refractivity (Wildman–Crippen MR) is 83.7 cm³/mol. The van der Waals surface area contributed by atoms with Crippen molar-refractivity contribution in [2.45, 2.75) is 39.7 Å². The molecule has 0 aliphatic carbocycles. The van der Waals surface area contributed by atoms with Crippen LogP contribution in [0.5, 0.6) is 0 Å². The molecule has 2 aromatic heterocycles. The van der Waals surface area contributed by atoms with Gasteiger partial charge in [-0.3, -0.25) is 5.10 Å². The SMILES string of the molecule is COCC(C)n1cc(C)nc1NCCCc1cn[nH]c1C. The first-order chi connectivity index (χ1) is 10.1. The molecule has 0 amide bonds. The van der Waals surface area contributed by atoms with Crippen molar-refractivity contribution in [3.63, 3.8) is 0 Å². The topological polar surface area (TPSA) is 67.8 Å². The number of anilines is 1. The monoisotopic (exact) mass is 291 g/mol. The van der Waals surface area contributed by atoms with E-state index in [-0.39, 0.29) is 6.04 Å². The highest BCUT2D eigenvalue weighted by atomic mass is 16.5. The second kappa shape index (κ2) is 7.26. The van der Waals surface area contributed by atoms with E-state index in [1.54, 1.807) is 7.11 Å². The summed E-state index contributed by atoms with van der Waals surface area (Å²) >= 11 is 0. The van der Waals surface area contributed by atoms with Crippen molar-refractivity contribution < 1.29 is 4.74 Å². The van der Waals surface area contributed by atoms with Gasteiger partial charge in [0.25, 0.3) is 0 Å². The van der Waals surface area contributed by atoms with Crippen LogP contribution in [0.2, 0.25) is 0 Å². The Labute approximate surface area is 125 Å². The lowest BCUT2D eigenvalue weighted by Gasteiger charge is -2.16. The fraction of sp³-hybridized carbons (Fsp3) is 0.600. The van der Waals surface area contributed by atoms with E-state index in [1.807, 2.05) is 13.1 Å². The van der Waals surface area contributed by atoms with Gasteiger partial charge in [-0.25, -0.2) is 4.98 Å². The highest BCUT2D eigenvalue weighted by Gasteiger charge is 2.11. The van der Waals surface area contributed by atoms with E-state index in [4.69, 9.17) is 4.74 Å². The standard InChI is InChI=1S/C15H25N5O/c1-11-9-20(12(2)10-21-4)15(18-11)16-7-5-6-14-8-17-19-13(14)3/h8-9,12H,5-7,10H2,1-4H3,(H,16,18)(H,17,19). The summed E-state index contributed by atoms with van der Waals surface area (Å²) in [5, 5.41) is 10.4. The molecule has 0 bridgehead atoms. The van der Waals surface area contributed by atoms with E-state index in [1.165, 1.54) is 5.56 Å². The van der Waals surface area contributed by atoms with Crippen molar-refractivity contribution in [2.24, 2.45) is 0 Å². The predicted octanol–water partition coefficient (Wildman–Crippen LogP) is 2.48. The Hall–Kier alpha value is -1.82. The quantitative estimate of drug-likeness (QED) is 0.733. The van der Waals surface area contributed by atoms with E-state index < -0.39 is 0 Å². The maximum atomic E-state index is 5.22. The number of aromatic amines is 1. The number of aryl methyl sites for hydroxylation is 3. The summed E-state index contributed by atoms with van der Waals surface area (Å²) in [7, 11) is 1.72. The maximum absolute atomic E-state index is 5.22. The summed E-state index contributed by atoms with van der Waals surface area (Å²) in [5.74, 6) is 0.918. The second-order valence-corrected chi connectivity index (χ2v) is 5.47. The number of methoxy groups -OCH3 is 1. The van der Waals surface area contributed by atoms with Crippen molar-refractivity contribution in [2.75, 3.05) is 25.6 Å². The van der Waals surface area contributed by atoms with Gasteiger partial charge >= 0.3 is 0 Å². The molecule has 0 aromatic carbocycles. The van der Waals surface area contributed by atoms with E-state index in [0.717, 1.165) is 36.7 Å². The van der Waals surface area contributed by atoms with Crippen LogP contribution in [-0.2, 0) is 11.2 Å². The second-order valence-electron chi connectivity index (χ2n) is 5.47. The summed E-state index contributed by atoms with van der Waals surface area (Å²) in [6.07, 6.45) is 6.03. The lowest BCUT2D eigenvalue weighted by Crippen LogP contribution is -2.15.